The highest BCUT2D eigenvalue weighted by molar-refractivity contribution is 7.99. The van der Waals surface area contributed by atoms with Crippen LogP contribution in [0.2, 0.25) is 0 Å². The highest BCUT2D eigenvalue weighted by Crippen LogP contribution is 2.24. The summed E-state index contributed by atoms with van der Waals surface area (Å²) in [5, 5.41) is 2.72. The number of ether oxygens (including phenoxy) is 1. The van der Waals surface area contributed by atoms with Crippen molar-refractivity contribution in [2.75, 3.05) is 32.0 Å². The van der Waals surface area contributed by atoms with Gasteiger partial charge in [0.05, 0.1) is 10.5 Å². The summed E-state index contributed by atoms with van der Waals surface area (Å²) in [5.41, 5.74) is 1.87. The molecular formula is C24H30N2O5S2. The molecule has 0 saturated carbocycles. The minimum Gasteiger partial charge on any atom is -0.452 e. The molecule has 2 aromatic carbocycles. The first-order valence-electron chi connectivity index (χ1n) is 11.0. The van der Waals surface area contributed by atoms with E-state index in [1.165, 1.54) is 22.0 Å². The molecule has 1 amide bonds. The van der Waals surface area contributed by atoms with Crippen molar-refractivity contribution in [3.05, 3.63) is 59.2 Å². The summed E-state index contributed by atoms with van der Waals surface area (Å²) in [6.07, 6.45) is 2.68. The largest absolute Gasteiger partial charge is 0.452 e. The van der Waals surface area contributed by atoms with E-state index in [1.54, 1.807) is 24.8 Å². The van der Waals surface area contributed by atoms with Crippen molar-refractivity contribution in [3.63, 3.8) is 0 Å². The smallest absolute Gasteiger partial charge is 0.338 e. The summed E-state index contributed by atoms with van der Waals surface area (Å²) in [5.74, 6) is -0.436. The fraction of sp³-hybridized carbons (Fsp3) is 0.417. The summed E-state index contributed by atoms with van der Waals surface area (Å²) in [6.45, 7) is 4.72. The van der Waals surface area contributed by atoms with Crippen LogP contribution < -0.4 is 5.32 Å². The number of thioether (sulfide) groups is 1. The van der Waals surface area contributed by atoms with Gasteiger partial charge in [-0.1, -0.05) is 30.2 Å². The third-order valence-corrected chi connectivity index (χ3v) is 8.46. The summed E-state index contributed by atoms with van der Waals surface area (Å²) in [7, 11) is -3.68. The van der Waals surface area contributed by atoms with E-state index in [1.807, 2.05) is 31.2 Å². The minimum absolute atomic E-state index is 0.108. The maximum absolute atomic E-state index is 13.0. The number of carbonyl (C=O) groups is 2. The molecule has 1 saturated heterocycles. The molecule has 7 nitrogen and oxygen atoms in total. The standard InChI is InChI=1S/C24H30N2O5S2/c1-18-6-10-21(11-7-18)32-15-12-25-23(27)17-31-24(28)20-9-8-19(2)22(16-20)33(29,30)26-13-4-3-5-14-26/h6-11,16H,3-5,12-15,17H2,1-2H3,(H,25,27). The summed E-state index contributed by atoms with van der Waals surface area (Å²) in [4.78, 5) is 25.7. The molecule has 0 spiro atoms. The summed E-state index contributed by atoms with van der Waals surface area (Å²) >= 11 is 1.63. The molecule has 0 bridgehead atoms. The molecule has 1 N–H and O–H groups in total. The predicted molar refractivity (Wildman–Crippen MR) is 129 cm³/mol. The van der Waals surface area contributed by atoms with Gasteiger partial charge in [-0.25, -0.2) is 13.2 Å². The number of rotatable bonds is 9. The predicted octanol–water partition coefficient (Wildman–Crippen LogP) is 3.54. The Morgan fingerprint density at radius 3 is 2.42 bits per heavy atom. The molecule has 3 rings (SSSR count). The average molecular weight is 491 g/mol. The number of hydrogen-bond donors (Lipinski definition) is 1. The van der Waals surface area contributed by atoms with E-state index in [0.717, 1.165) is 24.2 Å². The first-order chi connectivity index (χ1) is 15.8. The lowest BCUT2D eigenvalue weighted by Gasteiger charge is -2.26. The molecule has 1 heterocycles. The van der Waals surface area contributed by atoms with Crippen LogP contribution in [0.25, 0.3) is 0 Å². The van der Waals surface area contributed by atoms with Crippen molar-refractivity contribution in [1.82, 2.24) is 9.62 Å². The molecule has 33 heavy (non-hydrogen) atoms. The number of amides is 1. The van der Waals surface area contributed by atoms with Crippen molar-refractivity contribution in [2.24, 2.45) is 0 Å². The highest BCUT2D eigenvalue weighted by atomic mass is 32.2. The van der Waals surface area contributed by atoms with Crippen molar-refractivity contribution in [1.29, 1.82) is 0 Å². The minimum atomic E-state index is -3.68. The van der Waals surface area contributed by atoms with Gasteiger partial charge in [-0.15, -0.1) is 11.8 Å². The van der Waals surface area contributed by atoms with Gasteiger partial charge in [-0.3, -0.25) is 4.79 Å². The third kappa shape index (κ3) is 7.06. The Bertz CT molecular complexity index is 1080. The van der Waals surface area contributed by atoms with E-state index in [4.69, 9.17) is 4.74 Å². The topological polar surface area (TPSA) is 92.8 Å². The molecule has 2 aromatic rings. The molecule has 1 aliphatic rings. The number of piperidine rings is 1. The van der Waals surface area contributed by atoms with Gasteiger partial charge in [-0.05, 0) is 56.5 Å². The zero-order valence-electron chi connectivity index (χ0n) is 19.0. The molecule has 1 aliphatic heterocycles. The van der Waals surface area contributed by atoms with Gasteiger partial charge in [-0.2, -0.15) is 4.31 Å². The molecule has 0 aliphatic carbocycles. The maximum atomic E-state index is 13.0. The molecule has 0 aromatic heterocycles. The van der Waals surface area contributed by atoms with Gasteiger partial charge in [0, 0.05) is 30.3 Å². The second kappa shape index (κ2) is 11.7. The third-order valence-electron chi connectivity index (χ3n) is 5.41. The van der Waals surface area contributed by atoms with Crippen LogP contribution in [0.15, 0.2) is 52.3 Å². The van der Waals surface area contributed by atoms with E-state index in [2.05, 4.69) is 5.32 Å². The van der Waals surface area contributed by atoms with E-state index in [-0.39, 0.29) is 10.5 Å². The Morgan fingerprint density at radius 2 is 1.73 bits per heavy atom. The molecule has 0 unspecified atom stereocenters. The Hall–Kier alpha value is -2.36. The van der Waals surface area contributed by atoms with Gasteiger partial charge >= 0.3 is 5.97 Å². The van der Waals surface area contributed by atoms with Crippen LogP contribution in [-0.2, 0) is 19.6 Å². The van der Waals surface area contributed by atoms with Crippen LogP contribution >= 0.6 is 11.8 Å². The molecular weight excluding hydrogens is 460 g/mol. The summed E-state index contributed by atoms with van der Waals surface area (Å²) in [6, 6.07) is 12.6. The number of sulfonamides is 1. The van der Waals surface area contributed by atoms with Crippen molar-refractivity contribution < 1.29 is 22.7 Å². The highest BCUT2D eigenvalue weighted by Gasteiger charge is 2.28. The van der Waals surface area contributed by atoms with Crippen molar-refractivity contribution in [3.8, 4) is 0 Å². The number of benzene rings is 2. The van der Waals surface area contributed by atoms with E-state index in [9.17, 15) is 18.0 Å². The number of nitrogens with one attached hydrogen (secondary N) is 1. The fourth-order valence-corrected chi connectivity index (χ4v) is 6.04. The normalized spacial score (nSPS) is 14.6. The fourth-order valence-electron chi connectivity index (χ4n) is 3.51. The van der Waals surface area contributed by atoms with Crippen LogP contribution in [0.3, 0.4) is 0 Å². The lowest BCUT2D eigenvalue weighted by molar-refractivity contribution is -0.124. The monoisotopic (exact) mass is 490 g/mol. The van der Waals surface area contributed by atoms with Gasteiger partial charge in [0.15, 0.2) is 6.61 Å². The van der Waals surface area contributed by atoms with Crippen LogP contribution in [0.5, 0.6) is 0 Å². The Morgan fingerprint density at radius 1 is 1.03 bits per heavy atom. The van der Waals surface area contributed by atoms with Crippen LogP contribution in [0.1, 0.15) is 40.7 Å². The number of esters is 1. The van der Waals surface area contributed by atoms with E-state index >= 15 is 0 Å². The molecule has 0 atom stereocenters. The summed E-state index contributed by atoms with van der Waals surface area (Å²) < 4.78 is 32.6. The Labute approximate surface area is 199 Å². The van der Waals surface area contributed by atoms with Gasteiger partial charge in [0.25, 0.3) is 5.91 Å². The zero-order chi connectivity index (χ0) is 23.8. The quantitative estimate of drug-likeness (QED) is 0.328. The molecule has 178 valence electrons. The average Bonchev–Trinajstić information content (AvgIpc) is 2.82. The van der Waals surface area contributed by atoms with Crippen molar-refractivity contribution in [2.45, 2.75) is 42.9 Å². The lowest BCUT2D eigenvalue weighted by Crippen LogP contribution is -2.36. The molecule has 1 fully saturated rings. The second-order valence-electron chi connectivity index (χ2n) is 8.03. The maximum Gasteiger partial charge on any atom is 0.338 e. The van der Waals surface area contributed by atoms with Gasteiger partial charge in [0.2, 0.25) is 10.0 Å². The van der Waals surface area contributed by atoms with Crippen molar-refractivity contribution >= 4 is 33.7 Å². The lowest BCUT2D eigenvalue weighted by atomic mass is 10.1. The number of nitrogens with zero attached hydrogens (tertiary/aromatic N) is 1. The Balaban J connectivity index is 1.50. The zero-order valence-corrected chi connectivity index (χ0v) is 20.6. The van der Waals surface area contributed by atoms with E-state index < -0.39 is 28.5 Å². The Kier molecular flexibility index (Phi) is 8.94. The molecule has 0 radical (unpaired) electrons. The number of hydrogen-bond acceptors (Lipinski definition) is 6. The second-order valence-corrected chi connectivity index (χ2v) is 11.1. The van der Waals surface area contributed by atoms with Gasteiger partial charge in [0.1, 0.15) is 0 Å². The SMILES string of the molecule is Cc1ccc(SCCNC(=O)COC(=O)c2ccc(C)c(S(=O)(=O)N3CCCCC3)c2)cc1. The van der Waals surface area contributed by atoms with Crippen LogP contribution in [0, 0.1) is 13.8 Å². The van der Waals surface area contributed by atoms with E-state index in [0.29, 0.717) is 31.0 Å². The molecule has 9 heteroatoms. The van der Waals surface area contributed by atoms with Crippen LogP contribution in [-0.4, -0.2) is 56.6 Å². The number of aryl methyl sites for hydroxylation is 2. The van der Waals surface area contributed by atoms with Crippen LogP contribution in [0.4, 0.5) is 0 Å². The first kappa shape index (κ1) is 25.3. The van der Waals surface area contributed by atoms with Gasteiger partial charge < -0.3 is 10.1 Å². The number of carbonyl (C=O) groups excluding carboxylic acids is 2. The first-order valence-corrected chi connectivity index (χ1v) is 13.4.